The maximum Gasteiger partial charge on any atom is 0.265 e. The van der Waals surface area contributed by atoms with Gasteiger partial charge in [-0.15, -0.1) is 0 Å². The Morgan fingerprint density at radius 2 is 1.72 bits per heavy atom. The van der Waals surface area contributed by atoms with Crippen molar-refractivity contribution >= 4 is 28.6 Å². The summed E-state index contributed by atoms with van der Waals surface area (Å²) in [7, 11) is -3.26. The van der Waals surface area contributed by atoms with Gasteiger partial charge in [-0.2, -0.15) is 5.10 Å². The van der Waals surface area contributed by atoms with Gasteiger partial charge in [0.1, 0.15) is 5.82 Å². The summed E-state index contributed by atoms with van der Waals surface area (Å²) in [6, 6.07) is 11.2. The maximum absolute atomic E-state index is 14.2. The molecule has 0 radical (unpaired) electrons. The van der Waals surface area contributed by atoms with Crippen molar-refractivity contribution in [1.82, 2.24) is 24.3 Å². The Morgan fingerprint density at radius 3 is 2.43 bits per heavy atom. The van der Waals surface area contributed by atoms with Crippen LogP contribution in [0.1, 0.15) is 95.7 Å². The van der Waals surface area contributed by atoms with Crippen LogP contribution in [0.4, 0.5) is 13.2 Å². The van der Waals surface area contributed by atoms with Crippen molar-refractivity contribution in [3.05, 3.63) is 88.5 Å². The van der Waals surface area contributed by atoms with E-state index in [0.717, 1.165) is 12.0 Å². The number of carbonyl (C=O) groups excluding carboxylic acids is 3. The monoisotopic (exact) mass is 769 g/mol. The third-order valence-corrected chi connectivity index (χ3v) is 12.3. The topological polar surface area (TPSA) is 131 Å². The van der Waals surface area contributed by atoms with Gasteiger partial charge in [-0.1, -0.05) is 44.2 Å². The van der Waals surface area contributed by atoms with Crippen molar-refractivity contribution in [2.75, 3.05) is 32.8 Å². The number of amides is 3. The normalized spacial score (nSPS) is 23.9. The first-order valence-electron chi connectivity index (χ1n) is 18.5. The lowest BCUT2D eigenvalue weighted by atomic mass is 9.71. The molecule has 2 aliphatic heterocycles. The number of nitrogens with zero attached hydrogens (tertiary/aromatic N) is 4. The van der Waals surface area contributed by atoms with Crippen LogP contribution in [0.3, 0.4) is 0 Å². The second kappa shape index (κ2) is 14.8. The van der Waals surface area contributed by atoms with Crippen LogP contribution in [0.5, 0.6) is 0 Å². The summed E-state index contributed by atoms with van der Waals surface area (Å²) in [5.41, 5.74) is 1.88. The number of thiol groups is 1. The molecule has 3 amide bonds. The number of carbonyl (C=O) groups is 3. The van der Waals surface area contributed by atoms with Gasteiger partial charge in [0.05, 0.1) is 31.5 Å². The minimum atomic E-state index is -3.26. The van der Waals surface area contributed by atoms with Gasteiger partial charge in [0.25, 0.3) is 11.8 Å². The fourth-order valence-electron chi connectivity index (χ4n) is 8.65. The van der Waals surface area contributed by atoms with Gasteiger partial charge in [-0.05, 0) is 65.8 Å². The van der Waals surface area contributed by atoms with Gasteiger partial charge < -0.3 is 14.5 Å². The van der Waals surface area contributed by atoms with E-state index in [1.807, 2.05) is 9.62 Å². The zero-order valence-corrected chi connectivity index (χ0v) is 31.3. The number of aromatic nitrogens is 2. The average molecular weight is 770 g/mol. The fourth-order valence-corrected chi connectivity index (χ4v) is 8.93. The molecule has 2 aliphatic carbocycles. The van der Waals surface area contributed by atoms with Crippen LogP contribution in [-0.4, -0.2) is 84.4 Å². The molecule has 0 bridgehead atoms. The molecule has 1 aromatic heterocycles. The van der Waals surface area contributed by atoms with E-state index in [4.69, 9.17) is 4.74 Å². The molecule has 1 spiro atoms. The Balaban J connectivity index is 1.08. The van der Waals surface area contributed by atoms with Gasteiger partial charge >= 0.3 is 0 Å². The van der Waals surface area contributed by atoms with E-state index in [-0.39, 0.29) is 85.3 Å². The van der Waals surface area contributed by atoms with Crippen LogP contribution in [0.25, 0.3) is 0 Å². The van der Waals surface area contributed by atoms with E-state index in [0.29, 0.717) is 55.8 Å². The van der Waals surface area contributed by atoms with E-state index >= 15 is 0 Å². The number of benzene rings is 2. The van der Waals surface area contributed by atoms with Gasteiger partial charge in [0, 0.05) is 68.0 Å². The van der Waals surface area contributed by atoms with E-state index in [1.54, 1.807) is 46.1 Å². The van der Waals surface area contributed by atoms with E-state index in [1.165, 1.54) is 18.3 Å². The molecule has 4 fully saturated rings. The predicted octanol–water partition coefficient (Wildman–Crippen LogP) is 5.17. The summed E-state index contributed by atoms with van der Waals surface area (Å²) >= 11 is 0. The number of hydrogen-bond donors (Lipinski definition) is 2. The molecule has 3 atom stereocenters. The van der Waals surface area contributed by atoms with Crippen LogP contribution in [0, 0.1) is 28.5 Å². The Bertz CT molecular complexity index is 1990. The van der Waals surface area contributed by atoms with Crippen LogP contribution < -0.4 is 4.72 Å². The Kier molecular flexibility index (Phi) is 10.4. The quantitative estimate of drug-likeness (QED) is 0.203. The molecular formula is C39H46F3N5O6S. The van der Waals surface area contributed by atoms with Crippen molar-refractivity contribution < 1.29 is 40.7 Å². The van der Waals surface area contributed by atoms with E-state index in [2.05, 4.69) is 18.9 Å². The lowest BCUT2D eigenvalue weighted by molar-refractivity contribution is -0.148. The van der Waals surface area contributed by atoms with Crippen molar-refractivity contribution in [1.29, 1.82) is 0 Å². The molecule has 11 nitrogen and oxygen atoms in total. The standard InChI is InChI=1S/C39H46F3N5O6S/c1-37(2)15-32(37)36(50)46-23-38(24-46)22-45(35(49)28-16-43-47(18-28)17-25-8-10-30(40)11-9-25)19-29(38)21-53-20-27-5-3-7-31(33(27)34(48)44-54(51)52)26-6-4-13-39(41,42)14-12-26/h3,5,7-11,16,18,26,29,32,54H,4,6,12-15,17,19-24H2,1-2H3,(H,44,48,51,52)/t26?,29-,32+/m0/s1. The number of hydrogen-bond acceptors (Lipinski definition) is 7. The Morgan fingerprint density at radius 1 is 1.00 bits per heavy atom. The summed E-state index contributed by atoms with van der Waals surface area (Å²) < 4.78 is 74.9. The summed E-state index contributed by atoms with van der Waals surface area (Å²) in [6.07, 6.45) is 4.35. The smallest absolute Gasteiger partial charge is 0.265 e. The number of rotatable bonds is 11. The Labute approximate surface area is 314 Å². The lowest BCUT2D eigenvalue weighted by Gasteiger charge is -2.51. The zero-order chi connectivity index (χ0) is 38.4. The van der Waals surface area contributed by atoms with E-state index in [9.17, 15) is 36.0 Å². The second-order valence-electron chi connectivity index (χ2n) is 16.3. The summed E-state index contributed by atoms with van der Waals surface area (Å²) in [5.74, 6) is -4.57. The number of nitrogens with one attached hydrogen (secondary N) is 1. The van der Waals surface area contributed by atoms with Crippen LogP contribution in [-0.2, 0) is 33.6 Å². The van der Waals surface area contributed by atoms with Crippen LogP contribution in [0.15, 0.2) is 54.9 Å². The summed E-state index contributed by atoms with van der Waals surface area (Å²) in [4.78, 5) is 44.1. The first-order valence-corrected chi connectivity index (χ1v) is 19.7. The molecule has 15 heteroatoms. The Hall–Kier alpha value is -4.24. The highest BCUT2D eigenvalue weighted by molar-refractivity contribution is 7.71. The summed E-state index contributed by atoms with van der Waals surface area (Å²) in [5, 5.41) is 4.36. The van der Waals surface area contributed by atoms with Gasteiger partial charge in [-0.3, -0.25) is 23.8 Å². The van der Waals surface area contributed by atoms with Crippen molar-refractivity contribution in [3.63, 3.8) is 0 Å². The lowest BCUT2D eigenvalue weighted by Crippen LogP contribution is -2.63. The van der Waals surface area contributed by atoms with Crippen LogP contribution >= 0.6 is 0 Å². The molecule has 2 saturated carbocycles. The molecule has 3 heterocycles. The summed E-state index contributed by atoms with van der Waals surface area (Å²) in [6.45, 7) is 6.40. The van der Waals surface area contributed by atoms with Crippen molar-refractivity contribution in [2.45, 2.75) is 77.4 Å². The number of halogens is 3. The van der Waals surface area contributed by atoms with E-state index < -0.39 is 28.1 Å². The SMILES string of the molecule is CC1(C)C[C@@H]1C(=O)N1CC2(CN(C(=O)c3cnn(Cc4ccc(F)cc4)c3)C[C@H]2COCc2cccc(C3CCCC(F)(F)CC3)c2C(=O)N[SH](=O)=O)C1. The number of alkyl halides is 2. The number of likely N-dealkylation sites (tertiary alicyclic amines) is 2. The van der Waals surface area contributed by atoms with Crippen molar-refractivity contribution in [3.8, 4) is 0 Å². The average Bonchev–Trinajstić information content (AvgIpc) is 3.38. The highest BCUT2D eigenvalue weighted by atomic mass is 32.2. The largest absolute Gasteiger partial charge is 0.376 e. The minimum absolute atomic E-state index is 0.0172. The van der Waals surface area contributed by atoms with Crippen LogP contribution in [0.2, 0.25) is 0 Å². The third-order valence-electron chi connectivity index (χ3n) is 11.9. The second-order valence-corrected chi connectivity index (χ2v) is 17.1. The number of ether oxygens (including phenoxy) is 1. The highest BCUT2D eigenvalue weighted by Crippen LogP contribution is 2.54. The molecule has 4 aliphatic rings. The predicted molar refractivity (Wildman–Crippen MR) is 193 cm³/mol. The van der Waals surface area contributed by atoms with Gasteiger partial charge in [0.15, 0.2) is 0 Å². The van der Waals surface area contributed by atoms with Crippen molar-refractivity contribution in [2.24, 2.45) is 22.7 Å². The van der Waals surface area contributed by atoms with Gasteiger partial charge in [0.2, 0.25) is 22.7 Å². The molecule has 54 heavy (non-hydrogen) atoms. The third kappa shape index (κ3) is 8.07. The molecule has 1 unspecified atom stereocenters. The molecule has 1 N–H and O–H groups in total. The molecule has 290 valence electrons. The minimum Gasteiger partial charge on any atom is -0.376 e. The molecule has 2 aromatic carbocycles. The molecular weight excluding hydrogens is 724 g/mol. The molecule has 7 rings (SSSR count). The first-order chi connectivity index (χ1) is 25.6. The zero-order valence-electron chi connectivity index (χ0n) is 30.4. The van der Waals surface area contributed by atoms with Gasteiger partial charge in [-0.25, -0.2) is 21.6 Å². The molecule has 2 saturated heterocycles. The first kappa shape index (κ1) is 38.1. The highest BCUT2D eigenvalue weighted by Gasteiger charge is 2.60. The molecule has 3 aromatic rings. The maximum atomic E-state index is 14.2. The fraction of sp³-hybridized carbons (Fsp3) is 0.538.